The van der Waals surface area contributed by atoms with Crippen LogP contribution in [0.1, 0.15) is 23.1 Å². The van der Waals surface area contributed by atoms with Gasteiger partial charge in [0, 0.05) is 24.3 Å². The first kappa shape index (κ1) is 16.2. The smallest absolute Gasteiger partial charge is 0.229 e. The molecule has 0 unspecified atom stereocenters. The summed E-state index contributed by atoms with van der Waals surface area (Å²) in [5, 5.41) is 2.91. The van der Waals surface area contributed by atoms with Crippen LogP contribution in [0.15, 0.2) is 42.5 Å². The van der Waals surface area contributed by atoms with Gasteiger partial charge in [-0.2, -0.15) is 0 Å². The Morgan fingerprint density at radius 1 is 1.04 bits per heavy atom. The van der Waals surface area contributed by atoms with Crippen LogP contribution < -0.4 is 10.2 Å². The molecule has 0 aromatic heterocycles. The summed E-state index contributed by atoms with van der Waals surface area (Å²) in [6.45, 7) is 6.46. The fourth-order valence-corrected chi connectivity index (χ4v) is 3.11. The van der Waals surface area contributed by atoms with Gasteiger partial charge in [-0.1, -0.05) is 35.4 Å². The van der Waals surface area contributed by atoms with E-state index < -0.39 is 0 Å². The van der Waals surface area contributed by atoms with E-state index in [4.69, 9.17) is 0 Å². The van der Waals surface area contributed by atoms with Crippen molar-refractivity contribution in [2.75, 3.05) is 16.8 Å². The van der Waals surface area contributed by atoms with Gasteiger partial charge in [0.05, 0.1) is 5.92 Å². The third-order valence-corrected chi connectivity index (χ3v) is 4.46. The van der Waals surface area contributed by atoms with Gasteiger partial charge in [0.2, 0.25) is 11.8 Å². The van der Waals surface area contributed by atoms with Gasteiger partial charge >= 0.3 is 0 Å². The van der Waals surface area contributed by atoms with Gasteiger partial charge in [-0.3, -0.25) is 9.59 Å². The number of carbonyl (C=O) groups is 2. The molecule has 1 fully saturated rings. The normalized spacial score (nSPS) is 17.2. The lowest BCUT2D eigenvalue weighted by molar-refractivity contribution is -0.122. The largest absolute Gasteiger partial charge is 0.326 e. The number of aryl methyl sites for hydroxylation is 3. The second kappa shape index (κ2) is 6.48. The highest BCUT2D eigenvalue weighted by Crippen LogP contribution is 2.29. The molecular weight excluding hydrogens is 300 g/mol. The Hall–Kier alpha value is -2.62. The summed E-state index contributed by atoms with van der Waals surface area (Å²) in [5.74, 6) is -0.412. The van der Waals surface area contributed by atoms with Crippen LogP contribution in [0.4, 0.5) is 11.4 Å². The van der Waals surface area contributed by atoms with Crippen molar-refractivity contribution in [1.82, 2.24) is 0 Å². The summed E-state index contributed by atoms with van der Waals surface area (Å²) in [4.78, 5) is 26.6. The highest BCUT2D eigenvalue weighted by atomic mass is 16.2. The first-order chi connectivity index (χ1) is 11.4. The second-order valence-electron chi connectivity index (χ2n) is 6.55. The molecule has 0 spiro atoms. The minimum Gasteiger partial charge on any atom is -0.326 e. The maximum Gasteiger partial charge on any atom is 0.229 e. The highest BCUT2D eigenvalue weighted by molar-refractivity contribution is 6.03. The van der Waals surface area contributed by atoms with Crippen LogP contribution >= 0.6 is 0 Å². The van der Waals surface area contributed by atoms with E-state index in [9.17, 15) is 9.59 Å². The number of anilines is 2. The fraction of sp³-hybridized carbons (Fsp3) is 0.300. The minimum absolute atomic E-state index is 0.00556. The van der Waals surface area contributed by atoms with Crippen LogP contribution in [-0.2, 0) is 9.59 Å². The summed E-state index contributed by atoms with van der Waals surface area (Å²) in [6.07, 6.45) is 0.255. The van der Waals surface area contributed by atoms with Crippen molar-refractivity contribution in [3.8, 4) is 0 Å². The zero-order chi connectivity index (χ0) is 17.3. The van der Waals surface area contributed by atoms with E-state index in [1.807, 2.05) is 57.2 Å². The molecule has 1 saturated heterocycles. The van der Waals surface area contributed by atoms with Gasteiger partial charge in [-0.05, 0) is 44.5 Å². The van der Waals surface area contributed by atoms with Crippen LogP contribution in [0.2, 0.25) is 0 Å². The van der Waals surface area contributed by atoms with Crippen molar-refractivity contribution in [2.45, 2.75) is 27.2 Å². The Bertz CT molecular complexity index is 781. The van der Waals surface area contributed by atoms with E-state index in [1.165, 1.54) is 0 Å². The average Bonchev–Trinajstić information content (AvgIpc) is 2.91. The van der Waals surface area contributed by atoms with Crippen molar-refractivity contribution < 1.29 is 9.59 Å². The standard InChI is InChI=1S/C20H22N2O2/c1-13-4-7-17(8-5-13)21-20(24)16-11-19(23)22(12-16)18-9-6-14(2)10-15(18)3/h4-10,16H,11-12H2,1-3H3,(H,21,24)/t16-/m1/s1. The fourth-order valence-electron chi connectivity index (χ4n) is 3.11. The summed E-state index contributed by atoms with van der Waals surface area (Å²) in [7, 11) is 0. The molecule has 0 bridgehead atoms. The molecule has 0 radical (unpaired) electrons. The number of benzene rings is 2. The molecule has 0 saturated carbocycles. The Labute approximate surface area is 142 Å². The second-order valence-corrected chi connectivity index (χ2v) is 6.55. The van der Waals surface area contributed by atoms with Crippen LogP contribution in [-0.4, -0.2) is 18.4 Å². The van der Waals surface area contributed by atoms with Crippen molar-refractivity contribution in [1.29, 1.82) is 0 Å². The average molecular weight is 322 g/mol. The molecule has 2 amide bonds. The van der Waals surface area contributed by atoms with Gasteiger partial charge in [-0.25, -0.2) is 0 Å². The third-order valence-electron chi connectivity index (χ3n) is 4.46. The summed E-state index contributed by atoms with van der Waals surface area (Å²) < 4.78 is 0. The maximum absolute atomic E-state index is 12.5. The van der Waals surface area contributed by atoms with E-state index in [1.54, 1.807) is 4.90 Å². The number of nitrogens with zero attached hydrogens (tertiary/aromatic N) is 1. The predicted molar refractivity (Wildman–Crippen MR) is 96.2 cm³/mol. The predicted octanol–water partition coefficient (Wildman–Crippen LogP) is 3.60. The molecular formula is C20H22N2O2. The molecule has 1 N–H and O–H groups in total. The first-order valence-electron chi connectivity index (χ1n) is 8.19. The Morgan fingerprint density at radius 2 is 1.71 bits per heavy atom. The van der Waals surface area contributed by atoms with E-state index >= 15 is 0 Å². The minimum atomic E-state index is -0.320. The Kier molecular flexibility index (Phi) is 4.38. The first-order valence-corrected chi connectivity index (χ1v) is 8.19. The maximum atomic E-state index is 12.5. The van der Waals surface area contributed by atoms with Crippen molar-refractivity contribution in [3.05, 3.63) is 59.2 Å². The monoisotopic (exact) mass is 322 g/mol. The van der Waals surface area contributed by atoms with Crippen molar-refractivity contribution in [3.63, 3.8) is 0 Å². The molecule has 0 aliphatic carbocycles. The lowest BCUT2D eigenvalue weighted by atomic mass is 10.1. The van der Waals surface area contributed by atoms with Crippen molar-refractivity contribution in [2.24, 2.45) is 5.92 Å². The lowest BCUT2D eigenvalue weighted by Gasteiger charge is -2.19. The van der Waals surface area contributed by atoms with Crippen LogP contribution in [0, 0.1) is 26.7 Å². The molecule has 3 rings (SSSR count). The molecule has 2 aromatic carbocycles. The molecule has 1 aliphatic rings. The zero-order valence-electron chi connectivity index (χ0n) is 14.3. The van der Waals surface area contributed by atoms with Crippen LogP contribution in [0.3, 0.4) is 0 Å². The molecule has 1 atom stereocenters. The number of nitrogens with one attached hydrogen (secondary N) is 1. The van der Waals surface area contributed by atoms with E-state index in [2.05, 4.69) is 11.4 Å². The molecule has 124 valence electrons. The number of hydrogen-bond donors (Lipinski definition) is 1. The van der Waals surface area contributed by atoms with Crippen molar-refractivity contribution >= 4 is 23.2 Å². The van der Waals surface area contributed by atoms with Gasteiger partial charge in [0.15, 0.2) is 0 Å². The molecule has 4 heteroatoms. The Balaban J connectivity index is 1.72. The van der Waals surface area contributed by atoms with Crippen LogP contribution in [0.5, 0.6) is 0 Å². The zero-order valence-corrected chi connectivity index (χ0v) is 14.3. The molecule has 24 heavy (non-hydrogen) atoms. The van der Waals surface area contributed by atoms with Crippen LogP contribution in [0.25, 0.3) is 0 Å². The summed E-state index contributed by atoms with van der Waals surface area (Å²) >= 11 is 0. The molecule has 1 aliphatic heterocycles. The number of hydrogen-bond acceptors (Lipinski definition) is 2. The third kappa shape index (κ3) is 3.32. The topological polar surface area (TPSA) is 49.4 Å². The highest BCUT2D eigenvalue weighted by Gasteiger charge is 2.35. The summed E-state index contributed by atoms with van der Waals surface area (Å²) in [6, 6.07) is 13.7. The SMILES string of the molecule is Cc1ccc(NC(=O)[C@@H]2CC(=O)N(c3ccc(C)cc3C)C2)cc1. The summed E-state index contributed by atoms with van der Waals surface area (Å²) in [5.41, 5.74) is 5.03. The lowest BCUT2D eigenvalue weighted by Crippen LogP contribution is -2.28. The van der Waals surface area contributed by atoms with E-state index in [0.717, 1.165) is 28.1 Å². The quantitative estimate of drug-likeness (QED) is 0.938. The van der Waals surface area contributed by atoms with E-state index in [-0.39, 0.29) is 24.2 Å². The van der Waals surface area contributed by atoms with Gasteiger partial charge in [0.1, 0.15) is 0 Å². The molecule has 2 aromatic rings. The van der Waals surface area contributed by atoms with Gasteiger partial charge in [0.25, 0.3) is 0 Å². The molecule has 1 heterocycles. The van der Waals surface area contributed by atoms with Gasteiger partial charge < -0.3 is 10.2 Å². The van der Waals surface area contributed by atoms with Gasteiger partial charge in [-0.15, -0.1) is 0 Å². The number of rotatable bonds is 3. The van der Waals surface area contributed by atoms with E-state index in [0.29, 0.717) is 6.54 Å². The number of amides is 2. The number of carbonyl (C=O) groups excluding carboxylic acids is 2. The molecule has 4 nitrogen and oxygen atoms in total. The Morgan fingerprint density at radius 3 is 2.38 bits per heavy atom.